The summed E-state index contributed by atoms with van der Waals surface area (Å²) in [4.78, 5) is 33.5. The van der Waals surface area contributed by atoms with Crippen LogP contribution in [0.4, 0.5) is 0 Å². The fourth-order valence-corrected chi connectivity index (χ4v) is 2.92. The molecule has 1 amide bonds. The number of aromatic amines is 1. The van der Waals surface area contributed by atoms with Gasteiger partial charge in [-0.15, -0.1) is 0 Å². The molecule has 2 heterocycles. The zero-order chi connectivity index (χ0) is 16.4. The van der Waals surface area contributed by atoms with Crippen LogP contribution in [0.1, 0.15) is 17.5 Å². The molecule has 23 heavy (non-hydrogen) atoms. The molecule has 1 aromatic heterocycles. The molecule has 122 valence electrons. The number of amides is 1. The SMILES string of the molecule is CCN1C[C@H](NC(=O)c2nc3ccccc3c(=O)[nH]2)[C@@H](OC)C1. The summed E-state index contributed by atoms with van der Waals surface area (Å²) in [7, 11) is 1.64. The third-order valence-corrected chi connectivity index (χ3v) is 4.24. The number of methoxy groups -OCH3 is 1. The van der Waals surface area contributed by atoms with E-state index in [0.717, 1.165) is 19.6 Å². The lowest BCUT2D eigenvalue weighted by atomic mass is 10.2. The van der Waals surface area contributed by atoms with E-state index in [0.29, 0.717) is 10.9 Å². The number of hydrogen-bond donors (Lipinski definition) is 2. The first-order valence-electron chi connectivity index (χ1n) is 7.67. The smallest absolute Gasteiger partial charge is 0.287 e. The van der Waals surface area contributed by atoms with Gasteiger partial charge in [0.15, 0.2) is 5.82 Å². The Labute approximate surface area is 133 Å². The summed E-state index contributed by atoms with van der Waals surface area (Å²) in [5, 5.41) is 3.38. The second-order valence-corrected chi connectivity index (χ2v) is 5.64. The van der Waals surface area contributed by atoms with Crippen LogP contribution in [0.25, 0.3) is 10.9 Å². The molecule has 1 aliphatic heterocycles. The first-order chi connectivity index (χ1) is 11.1. The lowest BCUT2D eigenvalue weighted by Gasteiger charge is -2.18. The van der Waals surface area contributed by atoms with Gasteiger partial charge in [-0.1, -0.05) is 19.1 Å². The molecule has 7 heteroatoms. The van der Waals surface area contributed by atoms with Gasteiger partial charge < -0.3 is 15.0 Å². The number of para-hydroxylation sites is 1. The average molecular weight is 316 g/mol. The summed E-state index contributed by atoms with van der Waals surface area (Å²) in [5.74, 6) is -0.364. The predicted molar refractivity (Wildman–Crippen MR) is 86.5 cm³/mol. The Morgan fingerprint density at radius 2 is 2.22 bits per heavy atom. The highest BCUT2D eigenvalue weighted by atomic mass is 16.5. The van der Waals surface area contributed by atoms with E-state index in [4.69, 9.17) is 4.74 Å². The van der Waals surface area contributed by atoms with Crippen molar-refractivity contribution in [2.24, 2.45) is 0 Å². The number of carbonyl (C=O) groups excluding carboxylic acids is 1. The fraction of sp³-hybridized carbons (Fsp3) is 0.438. The van der Waals surface area contributed by atoms with Crippen molar-refractivity contribution >= 4 is 16.8 Å². The van der Waals surface area contributed by atoms with Gasteiger partial charge in [-0.05, 0) is 18.7 Å². The Morgan fingerprint density at radius 1 is 1.43 bits per heavy atom. The molecule has 2 atom stereocenters. The lowest BCUT2D eigenvalue weighted by molar-refractivity contribution is 0.0756. The van der Waals surface area contributed by atoms with Gasteiger partial charge in [0, 0.05) is 20.2 Å². The normalized spacial score (nSPS) is 21.7. The Kier molecular flexibility index (Phi) is 4.40. The van der Waals surface area contributed by atoms with Crippen molar-refractivity contribution in [2.45, 2.75) is 19.1 Å². The van der Waals surface area contributed by atoms with Crippen LogP contribution in [-0.4, -0.2) is 59.7 Å². The molecule has 0 bridgehead atoms. The zero-order valence-corrected chi connectivity index (χ0v) is 13.2. The number of nitrogens with one attached hydrogen (secondary N) is 2. The largest absolute Gasteiger partial charge is 0.378 e. The van der Waals surface area contributed by atoms with E-state index in [2.05, 4.69) is 27.1 Å². The van der Waals surface area contributed by atoms with Gasteiger partial charge in [0.1, 0.15) is 0 Å². The van der Waals surface area contributed by atoms with Crippen molar-refractivity contribution in [3.8, 4) is 0 Å². The molecule has 0 radical (unpaired) electrons. The number of carbonyl (C=O) groups is 1. The third kappa shape index (κ3) is 3.11. The first kappa shape index (κ1) is 15.6. The van der Waals surface area contributed by atoms with Crippen LogP contribution in [-0.2, 0) is 4.74 Å². The fourth-order valence-electron chi connectivity index (χ4n) is 2.92. The summed E-state index contributed by atoms with van der Waals surface area (Å²) in [6.45, 7) is 4.47. The lowest BCUT2D eigenvalue weighted by Crippen LogP contribution is -2.44. The van der Waals surface area contributed by atoms with Crippen LogP contribution in [0.3, 0.4) is 0 Å². The molecule has 1 aromatic carbocycles. The number of likely N-dealkylation sites (tertiary alicyclic amines) is 1. The van der Waals surface area contributed by atoms with Crippen LogP contribution >= 0.6 is 0 Å². The molecule has 3 rings (SSSR count). The van der Waals surface area contributed by atoms with E-state index >= 15 is 0 Å². The van der Waals surface area contributed by atoms with Gasteiger partial charge in [-0.3, -0.25) is 14.5 Å². The number of aromatic nitrogens is 2. The minimum atomic E-state index is -0.391. The van der Waals surface area contributed by atoms with Crippen LogP contribution in [0.2, 0.25) is 0 Å². The zero-order valence-electron chi connectivity index (χ0n) is 13.2. The Hall–Kier alpha value is -2.25. The van der Waals surface area contributed by atoms with Crippen molar-refractivity contribution in [1.82, 2.24) is 20.2 Å². The Bertz CT molecular complexity index is 773. The number of nitrogens with zero attached hydrogens (tertiary/aromatic N) is 2. The van der Waals surface area contributed by atoms with E-state index in [1.807, 2.05) is 0 Å². The molecular weight excluding hydrogens is 296 g/mol. The molecular formula is C16H20N4O3. The van der Waals surface area contributed by atoms with Gasteiger partial charge in [0.25, 0.3) is 11.5 Å². The molecule has 0 spiro atoms. The molecule has 7 nitrogen and oxygen atoms in total. The van der Waals surface area contributed by atoms with Crippen LogP contribution in [0, 0.1) is 0 Å². The summed E-state index contributed by atoms with van der Waals surface area (Å²) < 4.78 is 5.44. The minimum absolute atomic E-state index is 0.0264. The van der Waals surface area contributed by atoms with Gasteiger partial charge in [-0.25, -0.2) is 4.98 Å². The monoisotopic (exact) mass is 316 g/mol. The van der Waals surface area contributed by atoms with Crippen molar-refractivity contribution in [1.29, 1.82) is 0 Å². The molecule has 1 saturated heterocycles. The van der Waals surface area contributed by atoms with Crippen molar-refractivity contribution in [2.75, 3.05) is 26.7 Å². The minimum Gasteiger partial charge on any atom is -0.378 e. The topological polar surface area (TPSA) is 87.3 Å². The third-order valence-electron chi connectivity index (χ3n) is 4.24. The number of H-pyrrole nitrogens is 1. The number of fused-ring (bicyclic) bond motifs is 1. The van der Waals surface area contributed by atoms with Gasteiger partial charge >= 0.3 is 0 Å². The molecule has 2 aromatic rings. The number of likely N-dealkylation sites (N-methyl/N-ethyl adjacent to an activating group) is 1. The van der Waals surface area contributed by atoms with Crippen LogP contribution in [0.15, 0.2) is 29.1 Å². The quantitative estimate of drug-likeness (QED) is 0.851. The van der Waals surface area contributed by atoms with Gasteiger partial charge in [-0.2, -0.15) is 0 Å². The van der Waals surface area contributed by atoms with E-state index in [9.17, 15) is 9.59 Å². The number of ether oxygens (including phenoxy) is 1. The Balaban J connectivity index is 1.82. The van der Waals surface area contributed by atoms with Crippen molar-refractivity contribution in [3.05, 3.63) is 40.4 Å². The van der Waals surface area contributed by atoms with Gasteiger partial charge in [0.2, 0.25) is 0 Å². The highest BCUT2D eigenvalue weighted by molar-refractivity contribution is 5.92. The van der Waals surface area contributed by atoms with E-state index < -0.39 is 5.91 Å². The molecule has 0 saturated carbocycles. The van der Waals surface area contributed by atoms with E-state index in [1.165, 1.54) is 0 Å². The van der Waals surface area contributed by atoms with E-state index in [-0.39, 0.29) is 23.5 Å². The molecule has 2 N–H and O–H groups in total. The summed E-state index contributed by atoms with van der Waals surface area (Å²) >= 11 is 0. The first-order valence-corrected chi connectivity index (χ1v) is 7.67. The van der Waals surface area contributed by atoms with Gasteiger partial charge in [0.05, 0.1) is 23.0 Å². The van der Waals surface area contributed by atoms with Crippen molar-refractivity contribution in [3.63, 3.8) is 0 Å². The molecule has 0 aliphatic carbocycles. The highest BCUT2D eigenvalue weighted by Crippen LogP contribution is 2.13. The summed E-state index contributed by atoms with van der Waals surface area (Å²) in [6, 6.07) is 6.82. The Morgan fingerprint density at radius 3 is 2.96 bits per heavy atom. The summed E-state index contributed by atoms with van der Waals surface area (Å²) in [5.41, 5.74) is 0.192. The maximum Gasteiger partial charge on any atom is 0.287 e. The van der Waals surface area contributed by atoms with Crippen molar-refractivity contribution < 1.29 is 9.53 Å². The average Bonchev–Trinajstić information content (AvgIpc) is 2.97. The standard InChI is InChI=1S/C16H20N4O3/c1-3-20-8-12(13(9-20)23-2)18-16(22)14-17-11-7-5-4-6-10(11)15(21)19-14/h4-7,12-13H,3,8-9H2,1-2H3,(H,18,22)(H,17,19,21)/t12-,13-/m0/s1. The predicted octanol–water partition coefficient (Wildman–Crippen LogP) is 0.372. The highest BCUT2D eigenvalue weighted by Gasteiger charge is 2.33. The van der Waals surface area contributed by atoms with Crippen LogP contribution in [0.5, 0.6) is 0 Å². The molecule has 0 unspecified atom stereocenters. The maximum absolute atomic E-state index is 12.4. The molecule has 1 aliphatic rings. The molecule has 1 fully saturated rings. The number of rotatable bonds is 4. The maximum atomic E-state index is 12.4. The second kappa shape index (κ2) is 6.47. The van der Waals surface area contributed by atoms with E-state index in [1.54, 1.807) is 31.4 Å². The summed E-state index contributed by atoms with van der Waals surface area (Å²) in [6.07, 6.45) is -0.0638. The number of benzene rings is 1. The second-order valence-electron chi connectivity index (χ2n) is 5.64. The van der Waals surface area contributed by atoms with Crippen LogP contribution < -0.4 is 10.9 Å². The number of hydrogen-bond acceptors (Lipinski definition) is 5.